The Morgan fingerprint density at radius 3 is 2.81 bits per heavy atom. The number of nitro groups is 1. The number of nitrogens with one attached hydrogen (secondary N) is 1. The molecule has 3 N–H and O–H groups in total. The van der Waals surface area contributed by atoms with E-state index in [-0.39, 0.29) is 22.7 Å². The van der Waals surface area contributed by atoms with Crippen molar-refractivity contribution in [3.63, 3.8) is 0 Å². The lowest BCUT2D eigenvalue weighted by molar-refractivity contribution is -0.384. The summed E-state index contributed by atoms with van der Waals surface area (Å²) in [5.41, 5.74) is 6.33. The minimum atomic E-state index is -0.547. The third kappa shape index (κ3) is 3.06. The SMILES string of the molecule is COc1cc([N+](=O)[O-])ccc1NC(=O)c1ccncc1N. The van der Waals surface area contributed by atoms with Gasteiger partial charge < -0.3 is 15.8 Å². The van der Waals surface area contributed by atoms with Crippen LogP contribution in [0.2, 0.25) is 0 Å². The van der Waals surface area contributed by atoms with Gasteiger partial charge in [-0.15, -0.1) is 0 Å². The predicted molar refractivity (Wildman–Crippen MR) is 76.3 cm³/mol. The van der Waals surface area contributed by atoms with Crippen LogP contribution in [0.3, 0.4) is 0 Å². The molecule has 0 radical (unpaired) electrons. The Bertz CT molecular complexity index is 702. The molecule has 1 amide bonds. The number of hydrogen-bond acceptors (Lipinski definition) is 6. The lowest BCUT2D eigenvalue weighted by atomic mass is 10.2. The molecule has 0 aliphatic rings. The van der Waals surface area contributed by atoms with Crippen LogP contribution in [0, 0.1) is 10.1 Å². The summed E-state index contributed by atoms with van der Waals surface area (Å²) in [7, 11) is 1.36. The first-order chi connectivity index (χ1) is 10.0. The molecule has 0 atom stereocenters. The molecule has 0 saturated carbocycles. The fourth-order valence-corrected chi connectivity index (χ4v) is 1.70. The quantitative estimate of drug-likeness (QED) is 0.654. The van der Waals surface area contributed by atoms with Crippen LogP contribution in [-0.2, 0) is 0 Å². The van der Waals surface area contributed by atoms with Gasteiger partial charge in [-0.3, -0.25) is 19.9 Å². The first-order valence-electron chi connectivity index (χ1n) is 5.86. The molecule has 0 saturated heterocycles. The largest absolute Gasteiger partial charge is 0.494 e. The number of nitrogen functional groups attached to an aromatic ring is 1. The molecule has 0 aliphatic carbocycles. The van der Waals surface area contributed by atoms with Crippen molar-refractivity contribution < 1.29 is 14.5 Å². The molecular weight excluding hydrogens is 276 g/mol. The van der Waals surface area contributed by atoms with Crippen LogP contribution in [0.15, 0.2) is 36.7 Å². The van der Waals surface area contributed by atoms with Gasteiger partial charge in [-0.25, -0.2) is 0 Å². The fourth-order valence-electron chi connectivity index (χ4n) is 1.70. The molecule has 1 heterocycles. The summed E-state index contributed by atoms with van der Waals surface area (Å²) in [4.78, 5) is 26.1. The maximum absolute atomic E-state index is 12.1. The van der Waals surface area contributed by atoms with E-state index in [0.717, 1.165) is 0 Å². The number of amides is 1. The number of carbonyl (C=O) groups excluding carboxylic acids is 1. The molecule has 1 aromatic heterocycles. The number of anilines is 2. The molecule has 0 fully saturated rings. The lowest BCUT2D eigenvalue weighted by Gasteiger charge is -2.10. The molecule has 1 aromatic carbocycles. The summed E-state index contributed by atoms with van der Waals surface area (Å²) < 4.78 is 5.04. The maximum Gasteiger partial charge on any atom is 0.273 e. The van der Waals surface area contributed by atoms with Gasteiger partial charge in [-0.05, 0) is 12.1 Å². The lowest BCUT2D eigenvalue weighted by Crippen LogP contribution is -2.14. The van der Waals surface area contributed by atoms with Gasteiger partial charge in [0.15, 0.2) is 0 Å². The monoisotopic (exact) mass is 288 g/mol. The number of carbonyl (C=O) groups is 1. The standard InChI is InChI=1S/C13H12N4O4/c1-21-12-6-8(17(19)20)2-3-11(12)16-13(18)9-4-5-15-7-10(9)14/h2-7H,14H2,1H3,(H,16,18). The zero-order valence-electron chi connectivity index (χ0n) is 11.1. The molecule has 0 spiro atoms. The van der Waals surface area contributed by atoms with E-state index < -0.39 is 10.8 Å². The van der Waals surface area contributed by atoms with Crippen molar-refractivity contribution in [2.75, 3.05) is 18.2 Å². The number of nitrogens with zero attached hydrogens (tertiary/aromatic N) is 2. The van der Waals surface area contributed by atoms with E-state index in [1.165, 1.54) is 43.8 Å². The van der Waals surface area contributed by atoms with Gasteiger partial charge in [-0.2, -0.15) is 0 Å². The molecule has 8 nitrogen and oxygen atoms in total. The first kappa shape index (κ1) is 14.3. The van der Waals surface area contributed by atoms with Crippen molar-refractivity contribution in [1.82, 2.24) is 4.98 Å². The highest BCUT2D eigenvalue weighted by molar-refractivity contribution is 6.08. The van der Waals surface area contributed by atoms with Crippen LogP contribution in [0.4, 0.5) is 17.1 Å². The number of rotatable bonds is 4. The van der Waals surface area contributed by atoms with Crippen molar-refractivity contribution in [2.24, 2.45) is 0 Å². The second-order valence-electron chi connectivity index (χ2n) is 4.06. The average Bonchev–Trinajstić information content (AvgIpc) is 2.47. The van der Waals surface area contributed by atoms with Crippen LogP contribution in [0.25, 0.3) is 0 Å². The summed E-state index contributed by atoms with van der Waals surface area (Å²) in [5, 5.41) is 13.3. The first-order valence-corrected chi connectivity index (χ1v) is 5.86. The zero-order chi connectivity index (χ0) is 15.4. The number of benzene rings is 1. The van der Waals surface area contributed by atoms with Crippen molar-refractivity contribution in [2.45, 2.75) is 0 Å². The molecule has 0 unspecified atom stereocenters. The summed E-state index contributed by atoms with van der Waals surface area (Å²) in [6.45, 7) is 0. The maximum atomic E-state index is 12.1. The van der Waals surface area contributed by atoms with E-state index in [9.17, 15) is 14.9 Å². The molecule has 108 valence electrons. The third-order valence-corrected chi connectivity index (χ3v) is 2.74. The number of pyridine rings is 1. The van der Waals surface area contributed by atoms with Gasteiger partial charge >= 0.3 is 0 Å². The Kier molecular flexibility index (Phi) is 3.98. The second-order valence-corrected chi connectivity index (χ2v) is 4.06. The summed E-state index contributed by atoms with van der Waals surface area (Å²) >= 11 is 0. The Morgan fingerprint density at radius 1 is 1.43 bits per heavy atom. The Morgan fingerprint density at radius 2 is 2.19 bits per heavy atom. The average molecular weight is 288 g/mol. The molecule has 0 aliphatic heterocycles. The van der Waals surface area contributed by atoms with Crippen molar-refractivity contribution >= 4 is 23.0 Å². The summed E-state index contributed by atoms with van der Waals surface area (Å²) in [6, 6.07) is 5.37. The summed E-state index contributed by atoms with van der Waals surface area (Å²) in [6.07, 6.45) is 2.81. The fraction of sp³-hybridized carbons (Fsp3) is 0.0769. The van der Waals surface area contributed by atoms with Crippen LogP contribution in [-0.4, -0.2) is 22.9 Å². The van der Waals surface area contributed by atoms with Gasteiger partial charge in [0.1, 0.15) is 5.75 Å². The van der Waals surface area contributed by atoms with E-state index >= 15 is 0 Å². The Hall–Kier alpha value is -3.16. The van der Waals surface area contributed by atoms with Gasteiger partial charge in [0.2, 0.25) is 0 Å². The zero-order valence-corrected chi connectivity index (χ0v) is 11.1. The molecule has 21 heavy (non-hydrogen) atoms. The Balaban J connectivity index is 2.29. The second kappa shape index (κ2) is 5.87. The van der Waals surface area contributed by atoms with Crippen molar-refractivity contribution in [1.29, 1.82) is 0 Å². The number of ether oxygens (including phenoxy) is 1. The smallest absolute Gasteiger partial charge is 0.273 e. The molecule has 0 bridgehead atoms. The number of hydrogen-bond donors (Lipinski definition) is 2. The number of non-ortho nitro benzene ring substituents is 1. The highest BCUT2D eigenvalue weighted by Gasteiger charge is 2.15. The van der Waals surface area contributed by atoms with Crippen LogP contribution < -0.4 is 15.8 Å². The minimum Gasteiger partial charge on any atom is -0.494 e. The molecule has 8 heteroatoms. The highest BCUT2D eigenvalue weighted by Crippen LogP contribution is 2.29. The van der Waals surface area contributed by atoms with Crippen molar-refractivity contribution in [3.8, 4) is 5.75 Å². The van der Waals surface area contributed by atoms with E-state index in [0.29, 0.717) is 5.69 Å². The van der Waals surface area contributed by atoms with E-state index in [1.807, 2.05) is 0 Å². The minimum absolute atomic E-state index is 0.131. The topological polar surface area (TPSA) is 120 Å². The number of methoxy groups -OCH3 is 1. The molecule has 2 rings (SSSR count). The third-order valence-electron chi connectivity index (χ3n) is 2.74. The Labute approximate surface area is 119 Å². The van der Waals surface area contributed by atoms with Crippen LogP contribution in [0.5, 0.6) is 5.75 Å². The van der Waals surface area contributed by atoms with Gasteiger partial charge in [0.05, 0.1) is 41.2 Å². The number of nitro benzene ring substituents is 1. The van der Waals surface area contributed by atoms with E-state index in [1.54, 1.807) is 0 Å². The number of aromatic nitrogens is 1. The van der Waals surface area contributed by atoms with Crippen LogP contribution >= 0.6 is 0 Å². The van der Waals surface area contributed by atoms with E-state index in [2.05, 4.69) is 10.3 Å². The van der Waals surface area contributed by atoms with Gasteiger partial charge in [0.25, 0.3) is 11.6 Å². The predicted octanol–water partition coefficient (Wildman–Crippen LogP) is 1.83. The molecular formula is C13H12N4O4. The van der Waals surface area contributed by atoms with Crippen molar-refractivity contribution in [3.05, 3.63) is 52.3 Å². The highest BCUT2D eigenvalue weighted by atomic mass is 16.6. The van der Waals surface area contributed by atoms with Gasteiger partial charge in [0, 0.05) is 12.3 Å². The molecule has 2 aromatic rings. The summed E-state index contributed by atoms with van der Waals surface area (Å²) in [5.74, 6) is -0.271. The van der Waals surface area contributed by atoms with Crippen LogP contribution in [0.1, 0.15) is 10.4 Å². The van der Waals surface area contributed by atoms with E-state index in [4.69, 9.17) is 10.5 Å². The van der Waals surface area contributed by atoms with Gasteiger partial charge in [-0.1, -0.05) is 0 Å². The normalized spacial score (nSPS) is 9.95. The number of nitrogens with two attached hydrogens (primary N) is 1.